The first-order chi connectivity index (χ1) is 14.4. The molecule has 1 aromatic rings. The normalized spacial score (nSPS) is 22.8. The maximum absolute atomic E-state index is 13.1. The van der Waals surface area contributed by atoms with E-state index in [-0.39, 0.29) is 22.8 Å². The zero-order chi connectivity index (χ0) is 21.3. The van der Waals surface area contributed by atoms with Crippen molar-refractivity contribution in [3.63, 3.8) is 0 Å². The van der Waals surface area contributed by atoms with Gasteiger partial charge in [0.1, 0.15) is 6.04 Å². The van der Waals surface area contributed by atoms with Crippen LogP contribution in [0.2, 0.25) is 0 Å². The standard InChI is InChI=1S/C22H31N3O4S/c1-2-21(26)25-19-11-10-18(30(28,29)24-12-6-3-7-13-24)14-16(19)15-20(25)22(27)23-17-8-4-5-9-17/h10-11,14,17,20H,2-9,12-13,15H2,1H3,(H,23,27). The summed E-state index contributed by atoms with van der Waals surface area (Å²) in [4.78, 5) is 27.5. The fourth-order valence-corrected chi connectivity index (χ4v) is 6.47. The smallest absolute Gasteiger partial charge is 0.243 e. The van der Waals surface area contributed by atoms with Crippen molar-refractivity contribution in [1.82, 2.24) is 9.62 Å². The molecule has 0 spiro atoms. The fraction of sp³-hybridized carbons (Fsp3) is 0.636. The Hall–Kier alpha value is -1.93. The minimum absolute atomic E-state index is 0.119. The second-order valence-electron chi connectivity index (χ2n) is 8.58. The van der Waals surface area contributed by atoms with Gasteiger partial charge >= 0.3 is 0 Å². The lowest BCUT2D eigenvalue weighted by molar-refractivity contribution is -0.126. The highest BCUT2D eigenvalue weighted by molar-refractivity contribution is 7.89. The molecule has 0 bridgehead atoms. The second kappa shape index (κ2) is 8.67. The van der Waals surface area contributed by atoms with Crippen LogP contribution in [0.25, 0.3) is 0 Å². The highest BCUT2D eigenvalue weighted by Gasteiger charge is 2.39. The summed E-state index contributed by atoms with van der Waals surface area (Å²) in [6.45, 7) is 2.88. The van der Waals surface area contributed by atoms with Crippen LogP contribution >= 0.6 is 0 Å². The number of nitrogens with one attached hydrogen (secondary N) is 1. The third-order valence-electron chi connectivity index (χ3n) is 6.56. The van der Waals surface area contributed by atoms with E-state index in [1.165, 1.54) is 0 Å². The second-order valence-corrected chi connectivity index (χ2v) is 10.5. The maximum Gasteiger partial charge on any atom is 0.243 e. The van der Waals surface area contributed by atoms with Gasteiger partial charge in [0.2, 0.25) is 21.8 Å². The average molecular weight is 434 g/mol. The molecule has 1 saturated carbocycles. The molecule has 2 amide bonds. The lowest BCUT2D eigenvalue weighted by Gasteiger charge is -2.27. The highest BCUT2D eigenvalue weighted by atomic mass is 32.2. The Kier molecular flexibility index (Phi) is 6.16. The molecule has 2 aliphatic heterocycles. The molecule has 7 nitrogen and oxygen atoms in total. The summed E-state index contributed by atoms with van der Waals surface area (Å²) >= 11 is 0. The number of anilines is 1. The van der Waals surface area contributed by atoms with Crippen LogP contribution < -0.4 is 10.2 Å². The van der Waals surface area contributed by atoms with Crippen molar-refractivity contribution in [3.8, 4) is 0 Å². The zero-order valence-electron chi connectivity index (χ0n) is 17.6. The SMILES string of the molecule is CCC(=O)N1c2ccc(S(=O)(=O)N3CCCCC3)cc2CC1C(=O)NC1CCCC1. The Morgan fingerprint density at radius 2 is 1.77 bits per heavy atom. The minimum atomic E-state index is -3.55. The van der Waals surface area contributed by atoms with Crippen molar-refractivity contribution in [3.05, 3.63) is 23.8 Å². The molecule has 1 N–H and O–H groups in total. The van der Waals surface area contributed by atoms with E-state index < -0.39 is 16.1 Å². The topological polar surface area (TPSA) is 86.8 Å². The predicted molar refractivity (Wildman–Crippen MR) is 115 cm³/mol. The van der Waals surface area contributed by atoms with E-state index >= 15 is 0 Å². The predicted octanol–water partition coefficient (Wildman–Crippen LogP) is 2.59. The van der Waals surface area contributed by atoms with Crippen molar-refractivity contribution in [2.75, 3.05) is 18.0 Å². The monoisotopic (exact) mass is 433 g/mol. The summed E-state index contributed by atoms with van der Waals surface area (Å²) in [6, 6.07) is 4.51. The Bertz CT molecular complexity index is 918. The molecule has 0 aromatic heterocycles. The molecule has 1 saturated heterocycles. The highest BCUT2D eigenvalue weighted by Crippen LogP contribution is 2.36. The Morgan fingerprint density at radius 3 is 2.43 bits per heavy atom. The summed E-state index contributed by atoms with van der Waals surface area (Å²) in [6.07, 6.45) is 7.65. The first-order valence-corrected chi connectivity index (χ1v) is 12.6. The third kappa shape index (κ3) is 3.99. The molecule has 1 atom stereocenters. The van der Waals surface area contributed by atoms with Crippen molar-refractivity contribution < 1.29 is 18.0 Å². The van der Waals surface area contributed by atoms with E-state index in [0.717, 1.165) is 50.5 Å². The number of piperidine rings is 1. The maximum atomic E-state index is 13.1. The summed E-state index contributed by atoms with van der Waals surface area (Å²) in [5.74, 6) is -0.257. The number of benzene rings is 1. The van der Waals surface area contributed by atoms with Crippen molar-refractivity contribution >= 4 is 27.5 Å². The lowest BCUT2D eigenvalue weighted by atomic mass is 10.1. The Labute approximate surface area is 178 Å². The average Bonchev–Trinajstić information content (AvgIpc) is 3.40. The molecule has 1 unspecified atom stereocenters. The minimum Gasteiger partial charge on any atom is -0.352 e. The molecular formula is C22H31N3O4S. The van der Waals surface area contributed by atoms with E-state index in [4.69, 9.17) is 0 Å². The number of nitrogens with zero attached hydrogens (tertiary/aromatic N) is 2. The van der Waals surface area contributed by atoms with Crippen LogP contribution in [0.1, 0.15) is 63.9 Å². The number of hydrogen-bond acceptors (Lipinski definition) is 4. The van der Waals surface area contributed by atoms with Gasteiger partial charge in [0.15, 0.2) is 0 Å². The zero-order valence-corrected chi connectivity index (χ0v) is 18.4. The molecule has 4 rings (SSSR count). The molecule has 30 heavy (non-hydrogen) atoms. The van der Waals surface area contributed by atoms with E-state index in [0.29, 0.717) is 31.6 Å². The van der Waals surface area contributed by atoms with Crippen LogP contribution in [0.3, 0.4) is 0 Å². The molecule has 2 heterocycles. The summed E-state index contributed by atoms with van der Waals surface area (Å²) in [7, 11) is -3.55. The molecule has 1 aromatic carbocycles. The van der Waals surface area contributed by atoms with Crippen LogP contribution in [0, 0.1) is 0 Å². The van der Waals surface area contributed by atoms with Crippen LogP contribution in [-0.4, -0.2) is 49.7 Å². The van der Waals surface area contributed by atoms with Gasteiger partial charge < -0.3 is 5.32 Å². The van der Waals surface area contributed by atoms with E-state index in [1.807, 2.05) is 0 Å². The van der Waals surface area contributed by atoms with Gasteiger partial charge in [-0.15, -0.1) is 0 Å². The van der Waals surface area contributed by atoms with Crippen LogP contribution in [0.5, 0.6) is 0 Å². The number of carbonyl (C=O) groups excluding carboxylic acids is 2. The van der Waals surface area contributed by atoms with Gasteiger partial charge in [-0.25, -0.2) is 8.42 Å². The van der Waals surface area contributed by atoms with Crippen LogP contribution in [0.4, 0.5) is 5.69 Å². The van der Waals surface area contributed by atoms with Crippen LogP contribution in [-0.2, 0) is 26.0 Å². The van der Waals surface area contributed by atoms with Gasteiger partial charge in [-0.05, 0) is 49.4 Å². The molecular weight excluding hydrogens is 402 g/mol. The van der Waals surface area contributed by atoms with E-state index in [2.05, 4.69) is 5.32 Å². The number of hydrogen-bond donors (Lipinski definition) is 1. The number of carbonyl (C=O) groups is 2. The van der Waals surface area contributed by atoms with E-state index in [1.54, 1.807) is 34.3 Å². The lowest BCUT2D eigenvalue weighted by Crippen LogP contribution is -2.50. The van der Waals surface area contributed by atoms with Gasteiger partial charge in [-0.3, -0.25) is 14.5 Å². The quantitative estimate of drug-likeness (QED) is 0.773. The largest absolute Gasteiger partial charge is 0.352 e. The van der Waals surface area contributed by atoms with Gasteiger partial charge in [0.05, 0.1) is 4.90 Å². The first kappa shape index (κ1) is 21.3. The third-order valence-corrected chi connectivity index (χ3v) is 8.46. The molecule has 8 heteroatoms. The van der Waals surface area contributed by atoms with Gasteiger partial charge in [0, 0.05) is 37.7 Å². The van der Waals surface area contributed by atoms with Crippen molar-refractivity contribution in [1.29, 1.82) is 0 Å². The molecule has 1 aliphatic carbocycles. The molecule has 0 radical (unpaired) electrons. The number of sulfonamides is 1. The van der Waals surface area contributed by atoms with E-state index in [9.17, 15) is 18.0 Å². The van der Waals surface area contributed by atoms with Gasteiger partial charge in [0.25, 0.3) is 0 Å². The van der Waals surface area contributed by atoms with Crippen molar-refractivity contribution in [2.24, 2.45) is 0 Å². The Balaban J connectivity index is 1.60. The van der Waals surface area contributed by atoms with Crippen LogP contribution in [0.15, 0.2) is 23.1 Å². The van der Waals surface area contributed by atoms with Crippen molar-refractivity contribution in [2.45, 2.75) is 81.7 Å². The molecule has 164 valence electrons. The molecule has 3 aliphatic rings. The first-order valence-electron chi connectivity index (χ1n) is 11.2. The number of amides is 2. The fourth-order valence-electron chi connectivity index (χ4n) is 4.90. The number of fused-ring (bicyclic) bond motifs is 1. The summed E-state index contributed by atoms with van der Waals surface area (Å²) in [5, 5.41) is 3.10. The number of rotatable bonds is 5. The van der Waals surface area contributed by atoms with Gasteiger partial charge in [-0.2, -0.15) is 4.31 Å². The van der Waals surface area contributed by atoms with Gasteiger partial charge in [-0.1, -0.05) is 26.2 Å². The summed E-state index contributed by atoms with van der Waals surface area (Å²) < 4.78 is 27.7. The molecule has 2 fully saturated rings. The Morgan fingerprint density at radius 1 is 1.07 bits per heavy atom. The summed E-state index contributed by atoms with van der Waals surface area (Å²) in [5.41, 5.74) is 1.41.